The lowest BCUT2D eigenvalue weighted by Crippen LogP contribution is -1.97. The van der Waals surface area contributed by atoms with E-state index in [1.807, 2.05) is 18.2 Å². The predicted molar refractivity (Wildman–Crippen MR) is 45.3 cm³/mol. The molecule has 2 rings (SSSR count). The van der Waals surface area contributed by atoms with Crippen molar-refractivity contribution in [2.75, 3.05) is 6.79 Å². The lowest BCUT2D eigenvalue weighted by molar-refractivity contribution is 0.174. The predicted octanol–water partition coefficient (Wildman–Crippen LogP) is 1.66. The van der Waals surface area contributed by atoms with Gasteiger partial charge in [-0.1, -0.05) is 6.07 Å². The van der Waals surface area contributed by atoms with Crippen LogP contribution in [0.5, 0.6) is 11.5 Å². The van der Waals surface area contributed by atoms with Crippen molar-refractivity contribution in [3.63, 3.8) is 0 Å². The zero-order chi connectivity index (χ0) is 8.39. The number of hydrogen-bond acceptors (Lipinski definition) is 3. The summed E-state index contributed by atoms with van der Waals surface area (Å²) >= 11 is 5.36. The van der Waals surface area contributed by atoms with Crippen molar-refractivity contribution < 1.29 is 9.47 Å². The van der Waals surface area contributed by atoms with Crippen LogP contribution in [0.1, 0.15) is 5.56 Å². The molecular weight excluding hydrogens is 178 g/mol. The molecule has 0 saturated heterocycles. The summed E-state index contributed by atoms with van der Waals surface area (Å²) in [5.74, 6) is 1.59. The fraction of sp³-hybridized carbons (Fsp3) is 0.250. The largest absolute Gasteiger partial charge is 0.454 e. The number of halogens is 1. The van der Waals surface area contributed by atoms with Gasteiger partial charge in [-0.05, 0) is 29.5 Å². The van der Waals surface area contributed by atoms with E-state index in [2.05, 4.69) is 4.84 Å². The standard InChI is InChI=1S/C8H8ClNO2/c9-10-4-6-1-2-7-8(3-6)12-5-11-7/h1-3,10H,4-5H2. The van der Waals surface area contributed by atoms with E-state index in [0.29, 0.717) is 13.3 Å². The minimum absolute atomic E-state index is 0.313. The Morgan fingerprint density at radius 1 is 1.33 bits per heavy atom. The highest BCUT2D eigenvalue weighted by Gasteiger charge is 2.12. The van der Waals surface area contributed by atoms with Crippen molar-refractivity contribution in [1.82, 2.24) is 4.84 Å². The van der Waals surface area contributed by atoms with Crippen LogP contribution >= 0.6 is 11.8 Å². The molecule has 0 unspecified atom stereocenters. The van der Waals surface area contributed by atoms with Crippen molar-refractivity contribution in [2.24, 2.45) is 0 Å². The molecule has 0 amide bonds. The fourth-order valence-corrected chi connectivity index (χ4v) is 1.28. The van der Waals surface area contributed by atoms with Crippen LogP contribution in [-0.2, 0) is 6.54 Å². The Kier molecular flexibility index (Phi) is 2.06. The Balaban J connectivity index is 2.26. The molecule has 0 saturated carbocycles. The molecule has 0 fully saturated rings. The van der Waals surface area contributed by atoms with Gasteiger partial charge in [-0.15, -0.1) is 0 Å². The first-order chi connectivity index (χ1) is 5.90. The molecule has 3 nitrogen and oxygen atoms in total. The van der Waals surface area contributed by atoms with E-state index in [0.717, 1.165) is 17.1 Å². The maximum atomic E-state index is 5.36. The molecular formula is C8H8ClNO2. The number of hydrogen-bond donors (Lipinski definition) is 1. The lowest BCUT2D eigenvalue weighted by atomic mass is 10.2. The Bertz CT molecular complexity index is 290. The van der Waals surface area contributed by atoms with E-state index in [4.69, 9.17) is 21.3 Å². The summed E-state index contributed by atoms with van der Waals surface area (Å²) in [5, 5.41) is 0. The van der Waals surface area contributed by atoms with Crippen LogP contribution in [0.2, 0.25) is 0 Å². The third-order valence-corrected chi connectivity index (χ3v) is 1.84. The topological polar surface area (TPSA) is 30.5 Å². The van der Waals surface area contributed by atoms with E-state index in [9.17, 15) is 0 Å². The molecule has 1 aliphatic heterocycles. The zero-order valence-corrected chi connectivity index (χ0v) is 7.10. The van der Waals surface area contributed by atoms with E-state index in [1.54, 1.807) is 0 Å². The maximum absolute atomic E-state index is 5.36. The molecule has 0 bridgehead atoms. The van der Waals surface area contributed by atoms with E-state index >= 15 is 0 Å². The Morgan fingerprint density at radius 2 is 2.17 bits per heavy atom. The average Bonchev–Trinajstić information content (AvgIpc) is 2.51. The summed E-state index contributed by atoms with van der Waals surface area (Å²) in [6.07, 6.45) is 0. The fourth-order valence-electron chi connectivity index (χ4n) is 1.13. The average molecular weight is 186 g/mol. The minimum atomic E-state index is 0.313. The first-order valence-electron chi connectivity index (χ1n) is 3.62. The van der Waals surface area contributed by atoms with Crippen molar-refractivity contribution in [2.45, 2.75) is 6.54 Å². The number of ether oxygens (including phenoxy) is 2. The molecule has 1 N–H and O–H groups in total. The van der Waals surface area contributed by atoms with Crippen LogP contribution in [0.15, 0.2) is 18.2 Å². The van der Waals surface area contributed by atoms with Gasteiger partial charge in [0.2, 0.25) is 6.79 Å². The Labute approximate surface area is 75.3 Å². The molecule has 1 aromatic carbocycles. The molecule has 0 radical (unpaired) electrons. The molecule has 0 spiro atoms. The summed E-state index contributed by atoms with van der Waals surface area (Å²) in [6.45, 7) is 0.936. The molecule has 64 valence electrons. The van der Waals surface area contributed by atoms with Crippen LogP contribution in [0.25, 0.3) is 0 Å². The van der Waals surface area contributed by atoms with Crippen molar-refractivity contribution >= 4 is 11.8 Å². The van der Waals surface area contributed by atoms with Gasteiger partial charge in [-0.2, -0.15) is 0 Å². The van der Waals surface area contributed by atoms with Gasteiger partial charge in [-0.25, -0.2) is 4.84 Å². The van der Waals surface area contributed by atoms with Gasteiger partial charge in [-0.3, -0.25) is 0 Å². The number of benzene rings is 1. The first-order valence-corrected chi connectivity index (χ1v) is 4.00. The summed E-state index contributed by atoms with van der Waals surface area (Å²) in [6, 6.07) is 5.74. The van der Waals surface area contributed by atoms with Gasteiger partial charge in [0.25, 0.3) is 0 Å². The van der Waals surface area contributed by atoms with Crippen LogP contribution in [0.4, 0.5) is 0 Å². The molecule has 1 aromatic rings. The smallest absolute Gasteiger partial charge is 0.231 e. The van der Waals surface area contributed by atoms with Gasteiger partial charge in [0.05, 0.1) is 0 Å². The second kappa shape index (κ2) is 3.21. The SMILES string of the molecule is ClNCc1ccc2c(c1)OCO2. The highest BCUT2D eigenvalue weighted by molar-refractivity contribution is 6.13. The van der Waals surface area contributed by atoms with Crippen molar-refractivity contribution in [3.05, 3.63) is 23.8 Å². The summed E-state index contributed by atoms with van der Waals surface area (Å²) in [4.78, 5) is 2.55. The first kappa shape index (κ1) is 7.71. The molecule has 4 heteroatoms. The van der Waals surface area contributed by atoms with E-state index in [1.165, 1.54) is 0 Å². The minimum Gasteiger partial charge on any atom is -0.454 e. The number of rotatable bonds is 2. The third kappa shape index (κ3) is 1.33. The van der Waals surface area contributed by atoms with Crippen LogP contribution in [0, 0.1) is 0 Å². The number of fused-ring (bicyclic) bond motifs is 1. The van der Waals surface area contributed by atoms with Crippen LogP contribution < -0.4 is 14.3 Å². The zero-order valence-electron chi connectivity index (χ0n) is 6.34. The Morgan fingerprint density at radius 3 is 3.00 bits per heavy atom. The number of nitrogens with one attached hydrogen (secondary N) is 1. The van der Waals surface area contributed by atoms with E-state index in [-0.39, 0.29) is 0 Å². The van der Waals surface area contributed by atoms with Crippen molar-refractivity contribution in [3.8, 4) is 11.5 Å². The van der Waals surface area contributed by atoms with Crippen molar-refractivity contribution in [1.29, 1.82) is 0 Å². The van der Waals surface area contributed by atoms with Crippen LogP contribution in [-0.4, -0.2) is 6.79 Å². The summed E-state index contributed by atoms with van der Waals surface area (Å²) in [5.41, 5.74) is 1.08. The highest BCUT2D eigenvalue weighted by Crippen LogP contribution is 2.32. The molecule has 12 heavy (non-hydrogen) atoms. The van der Waals surface area contributed by atoms with Crippen LogP contribution in [0.3, 0.4) is 0 Å². The second-order valence-corrected chi connectivity index (χ2v) is 2.77. The third-order valence-electron chi connectivity index (χ3n) is 1.71. The molecule has 1 heterocycles. The highest BCUT2D eigenvalue weighted by atomic mass is 35.5. The molecule has 0 atom stereocenters. The van der Waals surface area contributed by atoms with E-state index < -0.39 is 0 Å². The van der Waals surface area contributed by atoms with Gasteiger partial charge >= 0.3 is 0 Å². The molecule has 0 aliphatic carbocycles. The summed E-state index contributed by atoms with van der Waals surface area (Å²) < 4.78 is 10.3. The second-order valence-electron chi connectivity index (χ2n) is 2.50. The monoisotopic (exact) mass is 185 g/mol. The summed E-state index contributed by atoms with van der Waals surface area (Å²) in [7, 11) is 0. The maximum Gasteiger partial charge on any atom is 0.231 e. The van der Waals surface area contributed by atoms with Gasteiger partial charge in [0, 0.05) is 6.54 Å². The molecule has 0 aromatic heterocycles. The normalized spacial score (nSPS) is 13.4. The molecule has 1 aliphatic rings. The van der Waals surface area contributed by atoms with Gasteiger partial charge in [0.15, 0.2) is 11.5 Å². The lowest BCUT2D eigenvalue weighted by Gasteiger charge is -1.99. The van der Waals surface area contributed by atoms with Gasteiger partial charge < -0.3 is 9.47 Å². The quantitative estimate of drug-likeness (QED) is 0.711. The Hall–Kier alpha value is -0.930. The van der Waals surface area contributed by atoms with Gasteiger partial charge in [0.1, 0.15) is 0 Å².